The molecule has 0 spiro atoms. The third-order valence-electron chi connectivity index (χ3n) is 1.85. The summed E-state index contributed by atoms with van der Waals surface area (Å²) in [7, 11) is 0. The van der Waals surface area contributed by atoms with Crippen LogP contribution in [0, 0.1) is 0 Å². The summed E-state index contributed by atoms with van der Waals surface area (Å²) in [4.78, 5) is 0. The largest absolute Gasteiger partial charge is 0.309 e. The third kappa shape index (κ3) is 1.18. The molecule has 0 unspecified atom stereocenters. The van der Waals surface area contributed by atoms with Gasteiger partial charge in [0.1, 0.15) is 0 Å². The minimum absolute atomic E-state index is 0. The van der Waals surface area contributed by atoms with E-state index in [-0.39, 0.29) is 17.0 Å². The Morgan fingerprint density at radius 2 is 1.11 bits per heavy atom. The Hall–Kier alpha value is 0.140. The Kier molecular flexibility index (Phi) is 2.27. The van der Waals surface area contributed by atoms with Crippen molar-refractivity contribution in [1.29, 1.82) is 0 Å². The third-order valence-corrected chi connectivity index (χ3v) is 1.85. The smallest absolute Gasteiger partial charge is 0.0184 e. The van der Waals surface area contributed by atoms with Gasteiger partial charge in [0.05, 0.1) is 0 Å². The molecular weight excluding hydrogens is 180 g/mol. The Morgan fingerprint density at radius 3 is 1.44 bits per heavy atom. The molecule has 2 aliphatic rings. The highest BCUT2D eigenvalue weighted by molar-refractivity contribution is 8.93. The molecule has 2 heterocycles. The Morgan fingerprint density at radius 1 is 0.778 bits per heavy atom. The lowest BCUT2D eigenvalue weighted by Crippen LogP contribution is -2.20. The fourth-order valence-corrected chi connectivity index (χ4v) is 1.35. The van der Waals surface area contributed by atoms with Crippen LogP contribution in [-0.4, -0.2) is 26.2 Å². The van der Waals surface area contributed by atoms with Crippen molar-refractivity contribution in [3.63, 3.8) is 0 Å². The summed E-state index contributed by atoms with van der Waals surface area (Å²) in [6.07, 6.45) is 0. The second kappa shape index (κ2) is 2.82. The SMILES string of the molecule is Br.C1NCC2=C1CNC2. The molecule has 2 N–H and O–H groups in total. The van der Waals surface area contributed by atoms with Gasteiger partial charge in [0, 0.05) is 26.2 Å². The normalized spacial score (nSPS) is 24.0. The quantitative estimate of drug-likeness (QED) is 0.529. The van der Waals surface area contributed by atoms with E-state index in [9.17, 15) is 0 Å². The zero-order chi connectivity index (χ0) is 5.40. The lowest BCUT2D eigenvalue weighted by atomic mass is 10.2. The van der Waals surface area contributed by atoms with Crippen LogP contribution in [0.1, 0.15) is 0 Å². The second-order valence-electron chi connectivity index (χ2n) is 2.41. The van der Waals surface area contributed by atoms with Gasteiger partial charge >= 0.3 is 0 Å². The summed E-state index contributed by atoms with van der Waals surface area (Å²) in [6, 6.07) is 0. The van der Waals surface area contributed by atoms with Crippen LogP contribution in [0.4, 0.5) is 0 Å². The van der Waals surface area contributed by atoms with Gasteiger partial charge in [-0.25, -0.2) is 0 Å². The standard InChI is InChI=1S/C6H10N2.BrH/c1-5-2-8-4-6(5)3-7-1;/h7-8H,1-4H2;1H. The zero-order valence-electron chi connectivity index (χ0n) is 5.24. The van der Waals surface area contributed by atoms with E-state index >= 15 is 0 Å². The maximum absolute atomic E-state index is 3.31. The predicted molar refractivity (Wildman–Crippen MR) is 43.1 cm³/mol. The number of hydrogen-bond donors (Lipinski definition) is 2. The van der Waals surface area contributed by atoms with Crippen molar-refractivity contribution in [2.45, 2.75) is 0 Å². The molecule has 0 radical (unpaired) electrons. The summed E-state index contributed by atoms with van der Waals surface area (Å²) in [5.74, 6) is 0. The number of rotatable bonds is 0. The molecule has 0 saturated carbocycles. The minimum Gasteiger partial charge on any atom is -0.309 e. The van der Waals surface area contributed by atoms with Crippen LogP contribution in [0.5, 0.6) is 0 Å². The van der Waals surface area contributed by atoms with Gasteiger partial charge in [-0.1, -0.05) is 0 Å². The van der Waals surface area contributed by atoms with Crippen LogP contribution in [-0.2, 0) is 0 Å². The van der Waals surface area contributed by atoms with Crippen molar-refractivity contribution in [2.75, 3.05) is 26.2 Å². The topological polar surface area (TPSA) is 24.1 Å². The maximum atomic E-state index is 3.31. The lowest BCUT2D eigenvalue weighted by molar-refractivity contribution is 0.761. The van der Waals surface area contributed by atoms with Crippen molar-refractivity contribution in [2.24, 2.45) is 0 Å². The molecule has 0 aliphatic carbocycles. The van der Waals surface area contributed by atoms with Gasteiger partial charge in [0.25, 0.3) is 0 Å². The van der Waals surface area contributed by atoms with E-state index < -0.39 is 0 Å². The zero-order valence-corrected chi connectivity index (χ0v) is 6.95. The summed E-state index contributed by atoms with van der Waals surface area (Å²) >= 11 is 0. The van der Waals surface area contributed by atoms with Gasteiger partial charge in [-0.2, -0.15) is 0 Å². The first-order valence-corrected chi connectivity index (χ1v) is 3.08. The average Bonchev–Trinajstić information content (AvgIpc) is 2.15. The summed E-state index contributed by atoms with van der Waals surface area (Å²) < 4.78 is 0. The molecule has 3 heteroatoms. The maximum Gasteiger partial charge on any atom is 0.0184 e. The number of nitrogens with one attached hydrogen (secondary N) is 2. The molecule has 0 bridgehead atoms. The van der Waals surface area contributed by atoms with E-state index in [2.05, 4.69) is 10.6 Å². The van der Waals surface area contributed by atoms with E-state index in [1.807, 2.05) is 0 Å². The first-order valence-electron chi connectivity index (χ1n) is 3.08. The molecular formula is C6H11BrN2. The Bertz CT molecular complexity index is 114. The molecule has 0 atom stereocenters. The highest BCUT2D eigenvalue weighted by Crippen LogP contribution is 2.11. The van der Waals surface area contributed by atoms with Gasteiger partial charge in [-0.3, -0.25) is 0 Å². The van der Waals surface area contributed by atoms with Crippen molar-refractivity contribution < 1.29 is 0 Å². The van der Waals surface area contributed by atoms with Crippen LogP contribution < -0.4 is 10.6 Å². The van der Waals surface area contributed by atoms with E-state index in [1.165, 1.54) is 0 Å². The molecule has 0 aromatic carbocycles. The first kappa shape index (κ1) is 7.25. The molecule has 0 aromatic heterocycles. The second-order valence-corrected chi connectivity index (χ2v) is 2.41. The monoisotopic (exact) mass is 190 g/mol. The van der Waals surface area contributed by atoms with E-state index in [1.54, 1.807) is 11.1 Å². The molecule has 9 heavy (non-hydrogen) atoms. The molecule has 0 aromatic rings. The summed E-state index contributed by atoms with van der Waals surface area (Å²) in [6.45, 7) is 4.51. The van der Waals surface area contributed by atoms with Gasteiger partial charge < -0.3 is 10.6 Å². The predicted octanol–water partition coefficient (Wildman–Crippen LogP) is 0.0673. The lowest BCUT2D eigenvalue weighted by Gasteiger charge is -1.96. The summed E-state index contributed by atoms with van der Waals surface area (Å²) in [5, 5.41) is 6.62. The van der Waals surface area contributed by atoms with Crippen LogP contribution in [0.3, 0.4) is 0 Å². The highest BCUT2D eigenvalue weighted by atomic mass is 79.9. The Labute approximate surface area is 65.5 Å². The number of hydrogen-bond acceptors (Lipinski definition) is 2. The highest BCUT2D eigenvalue weighted by Gasteiger charge is 2.17. The van der Waals surface area contributed by atoms with Crippen LogP contribution in [0.2, 0.25) is 0 Å². The number of halogens is 1. The minimum atomic E-state index is 0. The van der Waals surface area contributed by atoms with Crippen LogP contribution in [0.25, 0.3) is 0 Å². The van der Waals surface area contributed by atoms with Crippen LogP contribution >= 0.6 is 17.0 Å². The molecule has 0 amide bonds. The average molecular weight is 191 g/mol. The van der Waals surface area contributed by atoms with Gasteiger partial charge in [-0.05, 0) is 11.1 Å². The summed E-state index contributed by atoms with van der Waals surface area (Å²) in [5.41, 5.74) is 3.20. The first-order chi connectivity index (χ1) is 3.97. The molecule has 2 aliphatic heterocycles. The van der Waals surface area contributed by atoms with Crippen LogP contribution in [0.15, 0.2) is 11.1 Å². The molecule has 2 nitrogen and oxygen atoms in total. The molecule has 0 fully saturated rings. The van der Waals surface area contributed by atoms with Gasteiger partial charge in [0.15, 0.2) is 0 Å². The van der Waals surface area contributed by atoms with E-state index in [0.717, 1.165) is 26.2 Å². The van der Waals surface area contributed by atoms with Crippen molar-refractivity contribution in [1.82, 2.24) is 10.6 Å². The molecule has 52 valence electrons. The van der Waals surface area contributed by atoms with E-state index in [0.29, 0.717) is 0 Å². The van der Waals surface area contributed by atoms with Crippen molar-refractivity contribution in [3.8, 4) is 0 Å². The molecule has 0 saturated heterocycles. The van der Waals surface area contributed by atoms with E-state index in [4.69, 9.17) is 0 Å². The fourth-order valence-electron chi connectivity index (χ4n) is 1.35. The van der Waals surface area contributed by atoms with Gasteiger partial charge in [-0.15, -0.1) is 17.0 Å². The van der Waals surface area contributed by atoms with Gasteiger partial charge in [0.2, 0.25) is 0 Å². The van der Waals surface area contributed by atoms with Crippen molar-refractivity contribution in [3.05, 3.63) is 11.1 Å². The molecule has 2 rings (SSSR count). The Balaban J connectivity index is 0.000000405. The fraction of sp³-hybridized carbons (Fsp3) is 0.667. The van der Waals surface area contributed by atoms with Crippen molar-refractivity contribution >= 4 is 17.0 Å².